The zero-order valence-electron chi connectivity index (χ0n) is 15.5. The average molecular weight is 661 g/mol. The van der Waals surface area contributed by atoms with Gasteiger partial charge in [-0.1, -0.05) is 15.9 Å². The molecule has 0 amide bonds. The molecular formula is C17H16Br3F3O7S. The van der Waals surface area contributed by atoms with E-state index in [1.54, 1.807) is 12.1 Å². The van der Waals surface area contributed by atoms with Gasteiger partial charge < -0.3 is 9.47 Å². The first-order valence-electron chi connectivity index (χ1n) is 8.75. The molecule has 0 aromatic heterocycles. The molecule has 0 spiro atoms. The number of hydrogen-bond donors (Lipinski definition) is 1. The zero-order valence-corrected chi connectivity index (χ0v) is 21.1. The van der Waals surface area contributed by atoms with E-state index in [1.165, 1.54) is 0 Å². The first kappa shape index (κ1) is 26.6. The van der Waals surface area contributed by atoms with Crippen LogP contribution >= 0.6 is 47.8 Å². The topological polar surface area (TPSA) is 107 Å². The molecule has 1 N–H and O–H groups in total. The Kier molecular flexibility index (Phi) is 8.98. The van der Waals surface area contributed by atoms with Gasteiger partial charge in [-0.3, -0.25) is 9.35 Å². The van der Waals surface area contributed by atoms with Gasteiger partial charge in [0.1, 0.15) is 11.9 Å². The average Bonchev–Trinajstić information content (AvgIpc) is 2.58. The van der Waals surface area contributed by atoms with Crippen molar-refractivity contribution in [1.82, 2.24) is 0 Å². The van der Waals surface area contributed by atoms with Gasteiger partial charge in [-0.05, 0) is 69.7 Å². The fraction of sp³-hybridized carbons (Fsp3) is 0.529. The molecule has 1 saturated carbocycles. The van der Waals surface area contributed by atoms with Crippen molar-refractivity contribution in [1.29, 1.82) is 0 Å². The van der Waals surface area contributed by atoms with E-state index in [2.05, 4.69) is 52.5 Å². The summed E-state index contributed by atoms with van der Waals surface area (Å²) in [7, 11) is -5.01. The Balaban J connectivity index is 1.94. The molecule has 1 atom stereocenters. The van der Waals surface area contributed by atoms with Crippen LogP contribution in [0.1, 0.15) is 36.0 Å². The number of ether oxygens (including phenoxy) is 2. The number of halogens is 6. The van der Waals surface area contributed by atoms with Crippen molar-refractivity contribution in [3.8, 4) is 0 Å². The molecule has 1 unspecified atom stereocenters. The predicted octanol–water partition coefficient (Wildman–Crippen LogP) is 5.05. The van der Waals surface area contributed by atoms with E-state index in [0.29, 0.717) is 8.95 Å². The maximum atomic E-state index is 12.9. The predicted molar refractivity (Wildman–Crippen MR) is 113 cm³/mol. The zero-order chi connectivity index (χ0) is 23.6. The molecule has 14 heteroatoms. The van der Waals surface area contributed by atoms with Gasteiger partial charge in [-0.2, -0.15) is 21.6 Å². The van der Waals surface area contributed by atoms with Gasteiger partial charge in [-0.15, -0.1) is 0 Å². The third-order valence-corrected chi connectivity index (χ3v) is 6.91. The Morgan fingerprint density at radius 2 is 1.61 bits per heavy atom. The lowest BCUT2D eigenvalue weighted by Crippen LogP contribution is -2.41. The molecule has 0 bridgehead atoms. The van der Waals surface area contributed by atoms with Crippen molar-refractivity contribution in [2.75, 3.05) is 5.75 Å². The first-order chi connectivity index (χ1) is 14.2. The van der Waals surface area contributed by atoms with Crippen LogP contribution in [-0.4, -0.2) is 49.0 Å². The minimum atomic E-state index is -5.15. The molecule has 0 aliphatic heterocycles. The lowest BCUT2D eigenvalue weighted by molar-refractivity contribution is -0.218. The van der Waals surface area contributed by atoms with Gasteiger partial charge >= 0.3 is 18.1 Å². The Morgan fingerprint density at radius 1 is 1.10 bits per heavy atom. The SMILES string of the molecule is O=C(OC1CCC(C(=O)OC(CS(=O)(=O)O)C(F)(F)F)CC1)c1c(Br)cc(Br)cc1Br. The Bertz CT molecular complexity index is 922. The summed E-state index contributed by atoms with van der Waals surface area (Å²) in [4.78, 5) is 24.6. The summed E-state index contributed by atoms with van der Waals surface area (Å²) in [6, 6.07) is 3.33. The number of carbonyl (C=O) groups is 2. The number of hydrogen-bond acceptors (Lipinski definition) is 6. The van der Waals surface area contributed by atoms with Crippen LogP contribution in [0.2, 0.25) is 0 Å². The van der Waals surface area contributed by atoms with E-state index in [-0.39, 0.29) is 31.2 Å². The molecule has 0 saturated heterocycles. The van der Waals surface area contributed by atoms with Crippen LogP contribution in [0, 0.1) is 5.92 Å². The Hall–Kier alpha value is -0.700. The quantitative estimate of drug-likeness (QED) is 0.336. The first-order valence-corrected chi connectivity index (χ1v) is 12.7. The second-order valence-electron chi connectivity index (χ2n) is 6.84. The van der Waals surface area contributed by atoms with Gasteiger partial charge in [0, 0.05) is 13.4 Å². The number of rotatable bonds is 6. The highest BCUT2D eigenvalue weighted by Crippen LogP contribution is 2.33. The minimum Gasteiger partial charge on any atom is -0.459 e. The van der Waals surface area contributed by atoms with Crippen molar-refractivity contribution >= 4 is 69.8 Å². The standard InChI is InChI=1S/C17H16Br3F3O7S/c18-9-5-11(19)14(12(20)6-9)16(25)29-10-3-1-8(2-4-10)15(24)30-13(17(21,22)23)7-31(26,27)28/h5-6,8,10,13H,1-4,7H2,(H,26,27,28). The number of alkyl halides is 3. The molecule has 174 valence electrons. The van der Waals surface area contributed by atoms with E-state index in [0.717, 1.165) is 4.47 Å². The summed E-state index contributed by atoms with van der Waals surface area (Å²) in [5.74, 6) is -4.50. The van der Waals surface area contributed by atoms with Crippen molar-refractivity contribution in [3.63, 3.8) is 0 Å². The molecular weight excluding hydrogens is 645 g/mol. The molecule has 31 heavy (non-hydrogen) atoms. The highest BCUT2D eigenvalue weighted by atomic mass is 79.9. The summed E-state index contributed by atoms with van der Waals surface area (Å²) in [6.07, 6.45) is -8.04. The monoisotopic (exact) mass is 658 g/mol. The van der Waals surface area contributed by atoms with Crippen LogP contribution < -0.4 is 0 Å². The molecule has 0 heterocycles. The molecule has 0 radical (unpaired) electrons. The lowest BCUT2D eigenvalue weighted by atomic mass is 9.87. The summed E-state index contributed by atoms with van der Waals surface area (Å²) in [5.41, 5.74) is 0.267. The number of carbonyl (C=O) groups excluding carboxylic acids is 2. The van der Waals surface area contributed by atoms with Crippen LogP contribution in [0.25, 0.3) is 0 Å². The smallest absolute Gasteiger partial charge is 0.426 e. The summed E-state index contributed by atoms with van der Waals surface area (Å²) in [6.45, 7) is 0. The summed E-state index contributed by atoms with van der Waals surface area (Å²) in [5, 5.41) is 0. The summed E-state index contributed by atoms with van der Waals surface area (Å²) < 4.78 is 80.5. The fourth-order valence-electron chi connectivity index (χ4n) is 2.99. The van der Waals surface area contributed by atoms with E-state index in [1.807, 2.05) is 0 Å². The van der Waals surface area contributed by atoms with Crippen molar-refractivity contribution in [2.45, 2.75) is 44.1 Å². The number of benzene rings is 1. The molecule has 1 fully saturated rings. The van der Waals surface area contributed by atoms with Gasteiger partial charge in [0.05, 0.1) is 11.5 Å². The highest BCUT2D eigenvalue weighted by Gasteiger charge is 2.46. The summed E-state index contributed by atoms with van der Waals surface area (Å²) >= 11 is 9.84. The fourth-order valence-corrected chi connectivity index (χ4v) is 6.21. The normalized spacial score (nSPS) is 20.7. The van der Waals surface area contributed by atoms with Crippen molar-refractivity contribution in [2.24, 2.45) is 5.92 Å². The Morgan fingerprint density at radius 3 is 2.06 bits per heavy atom. The van der Waals surface area contributed by atoms with Gasteiger partial charge in [0.15, 0.2) is 0 Å². The van der Waals surface area contributed by atoms with E-state index in [4.69, 9.17) is 9.29 Å². The number of esters is 2. The highest BCUT2D eigenvalue weighted by molar-refractivity contribution is 9.11. The van der Waals surface area contributed by atoms with Crippen LogP contribution in [0.5, 0.6) is 0 Å². The van der Waals surface area contributed by atoms with Crippen LogP contribution in [-0.2, 0) is 24.4 Å². The molecule has 1 aliphatic rings. The molecule has 2 rings (SSSR count). The van der Waals surface area contributed by atoms with E-state index >= 15 is 0 Å². The molecule has 1 aromatic rings. The van der Waals surface area contributed by atoms with Gasteiger partial charge in [-0.25, -0.2) is 4.79 Å². The Labute approximate surface area is 201 Å². The lowest BCUT2D eigenvalue weighted by Gasteiger charge is -2.29. The van der Waals surface area contributed by atoms with Crippen molar-refractivity contribution < 1.29 is 45.2 Å². The second kappa shape index (κ2) is 10.5. The second-order valence-corrected chi connectivity index (χ2v) is 11.0. The van der Waals surface area contributed by atoms with Crippen LogP contribution in [0.4, 0.5) is 13.2 Å². The van der Waals surface area contributed by atoms with Crippen LogP contribution in [0.3, 0.4) is 0 Å². The maximum Gasteiger partial charge on any atom is 0.426 e. The molecule has 1 aromatic carbocycles. The maximum absolute atomic E-state index is 12.9. The third kappa shape index (κ3) is 7.98. The van der Waals surface area contributed by atoms with Crippen molar-refractivity contribution in [3.05, 3.63) is 31.1 Å². The van der Waals surface area contributed by atoms with Crippen LogP contribution in [0.15, 0.2) is 25.6 Å². The molecule has 7 nitrogen and oxygen atoms in total. The van der Waals surface area contributed by atoms with E-state index < -0.39 is 52.1 Å². The molecule has 1 aliphatic carbocycles. The third-order valence-electron chi connectivity index (χ3n) is 4.48. The van der Waals surface area contributed by atoms with E-state index in [9.17, 15) is 31.2 Å². The van der Waals surface area contributed by atoms with Gasteiger partial charge in [0.2, 0.25) is 6.10 Å². The minimum absolute atomic E-state index is 0.0932. The van der Waals surface area contributed by atoms with Gasteiger partial charge in [0.25, 0.3) is 10.1 Å². The largest absolute Gasteiger partial charge is 0.459 e.